The highest BCUT2D eigenvalue weighted by Gasteiger charge is 2.44. The monoisotopic (exact) mass is 558 g/mol. The van der Waals surface area contributed by atoms with Gasteiger partial charge in [-0.2, -0.15) is 0 Å². The molecule has 5 rings (SSSR count). The molecule has 4 N–H and O–H groups in total. The molecular weight excluding hydrogens is 531 g/mol. The van der Waals surface area contributed by atoms with E-state index in [2.05, 4.69) is 9.97 Å². The molecule has 0 unspecified atom stereocenters. The molecule has 4 bridgehead atoms. The number of aromatic nitrogens is 4. The summed E-state index contributed by atoms with van der Waals surface area (Å²) >= 11 is 0. The molecule has 2 fully saturated rings. The number of aliphatic hydroxyl groups excluding tert-OH is 2. The lowest BCUT2D eigenvalue weighted by molar-refractivity contribution is -0.0605. The molecule has 0 radical (unpaired) electrons. The van der Waals surface area contributed by atoms with Crippen LogP contribution < -0.4 is 22.5 Å². The molecule has 0 aliphatic carbocycles. The third-order valence-corrected chi connectivity index (χ3v) is 8.15. The van der Waals surface area contributed by atoms with Gasteiger partial charge in [0.25, 0.3) is 11.1 Å². The van der Waals surface area contributed by atoms with Crippen LogP contribution >= 0.6 is 7.82 Å². The molecule has 0 saturated carbocycles. The predicted octanol–water partition coefficient (Wildman–Crippen LogP) is -1.59. The molecule has 3 aliphatic heterocycles. The first-order chi connectivity index (χ1) is 18.1. The lowest BCUT2D eigenvalue weighted by Gasteiger charge is -2.25. The van der Waals surface area contributed by atoms with Crippen molar-refractivity contribution >= 4 is 7.82 Å². The normalized spacial score (nSPS) is 33.6. The molecule has 3 aliphatic rings. The molecule has 2 aromatic rings. The second kappa shape index (κ2) is 10.5. The van der Waals surface area contributed by atoms with Gasteiger partial charge < -0.3 is 19.7 Å². The van der Waals surface area contributed by atoms with Gasteiger partial charge in [0.1, 0.15) is 30.8 Å². The third-order valence-electron chi connectivity index (χ3n) is 6.65. The van der Waals surface area contributed by atoms with E-state index in [0.717, 1.165) is 4.57 Å². The van der Waals surface area contributed by atoms with E-state index in [1.165, 1.54) is 23.9 Å². The van der Waals surface area contributed by atoms with Crippen molar-refractivity contribution in [2.45, 2.75) is 63.1 Å². The van der Waals surface area contributed by atoms with Crippen LogP contribution in [0, 0.1) is 6.92 Å². The zero-order valence-electron chi connectivity index (χ0n) is 20.2. The van der Waals surface area contributed by atoms with E-state index in [4.69, 9.17) is 23.0 Å². The fraction of sp³-hybridized carbons (Fsp3) is 0.619. The minimum Gasteiger partial charge on any atom is -0.394 e. The Bertz CT molecular complexity index is 1480. The van der Waals surface area contributed by atoms with Crippen LogP contribution in [0.1, 0.15) is 36.4 Å². The first-order valence-corrected chi connectivity index (χ1v) is 13.4. The predicted molar refractivity (Wildman–Crippen MR) is 126 cm³/mol. The summed E-state index contributed by atoms with van der Waals surface area (Å²) in [6.45, 7) is 0.241. The Morgan fingerprint density at radius 2 is 1.71 bits per heavy atom. The van der Waals surface area contributed by atoms with E-state index < -0.39 is 80.4 Å². The number of H-pyrrole nitrogens is 2. The quantitative estimate of drug-likeness (QED) is 0.313. The van der Waals surface area contributed by atoms with Crippen molar-refractivity contribution in [3.05, 3.63) is 65.2 Å². The fourth-order valence-electron chi connectivity index (χ4n) is 4.60. The van der Waals surface area contributed by atoms with Crippen LogP contribution in [0.25, 0.3) is 0 Å². The van der Waals surface area contributed by atoms with Gasteiger partial charge in [-0.15, -0.1) is 0 Å². The van der Waals surface area contributed by atoms with Crippen LogP contribution in [-0.2, 0) is 34.0 Å². The summed E-state index contributed by atoms with van der Waals surface area (Å²) in [6, 6.07) is 0. The molecule has 2 aromatic heterocycles. The molecule has 0 amide bonds. The van der Waals surface area contributed by atoms with Gasteiger partial charge in [0.15, 0.2) is 0 Å². The van der Waals surface area contributed by atoms with E-state index in [1.54, 1.807) is 0 Å². The summed E-state index contributed by atoms with van der Waals surface area (Å²) in [5, 5.41) is 20.3. The summed E-state index contributed by atoms with van der Waals surface area (Å²) in [7, 11) is -4.40. The van der Waals surface area contributed by atoms with E-state index in [-0.39, 0.29) is 37.0 Å². The number of aromatic amines is 2. The maximum absolute atomic E-state index is 13.6. The zero-order chi connectivity index (χ0) is 27.2. The van der Waals surface area contributed by atoms with E-state index in [9.17, 15) is 34.0 Å². The van der Waals surface area contributed by atoms with Gasteiger partial charge in [-0.3, -0.25) is 42.3 Å². The summed E-state index contributed by atoms with van der Waals surface area (Å²) in [5.74, 6) is 0. The Labute approximate surface area is 213 Å². The minimum absolute atomic E-state index is 0.0174. The topological polar surface area (TPSA) is 213 Å². The summed E-state index contributed by atoms with van der Waals surface area (Å²) < 4.78 is 44.0. The van der Waals surface area contributed by atoms with Crippen LogP contribution in [-0.4, -0.2) is 73.6 Å². The van der Waals surface area contributed by atoms with Gasteiger partial charge in [-0.25, -0.2) is 14.2 Å². The molecule has 17 heteroatoms. The summed E-state index contributed by atoms with van der Waals surface area (Å²) in [4.78, 5) is 52.9. The molecule has 5 heterocycles. The van der Waals surface area contributed by atoms with Crippen LogP contribution in [0.4, 0.5) is 0 Å². The number of ether oxygens (including phenoxy) is 2. The molecule has 208 valence electrons. The molecule has 0 aromatic carbocycles. The van der Waals surface area contributed by atoms with Crippen LogP contribution in [0.5, 0.6) is 0 Å². The summed E-state index contributed by atoms with van der Waals surface area (Å²) in [5.41, 5.74) is -2.25. The van der Waals surface area contributed by atoms with Gasteiger partial charge in [0.05, 0.1) is 25.9 Å². The van der Waals surface area contributed by atoms with Crippen molar-refractivity contribution in [3.63, 3.8) is 0 Å². The average molecular weight is 558 g/mol. The molecule has 7 atom stereocenters. The number of fused-ring (bicyclic) bond motifs is 5. The molecule has 38 heavy (non-hydrogen) atoms. The van der Waals surface area contributed by atoms with Crippen molar-refractivity contribution < 1.29 is 37.8 Å². The molecule has 16 nitrogen and oxygen atoms in total. The van der Waals surface area contributed by atoms with Gasteiger partial charge in [0, 0.05) is 42.8 Å². The number of nitrogens with one attached hydrogen (secondary N) is 2. The van der Waals surface area contributed by atoms with E-state index >= 15 is 0 Å². The van der Waals surface area contributed by atoms with Crippen molar-refractivity contribution in [2.24, 2.45) is 0 Å². The molecule has 0 spiro atoms. The van der Waals surface area contributed by atoms with E-state index in [0.29, 0.717) is 0 Å². The van der Waals surface area contributed by atoms with Gasteiger partial charge >= 0.3 is 19.2 Å². The number of aryl methyl sites for hydroxylation is 1. The number of hydrogen-bond acceptors (Lipinski definition) is 12. The largest absolute Gasteiger partial charge is 0.475 e. The first-order valence-electron chi connectivity index (χ1n) is 11.9. The SMILES string of the molecule is Cc1cn([C@H]2C[C@H](O[P@]3(=O)OCCc4cn(c(=O)[nH]c4=O)[C@H]4C[C@H](O)[C@@H](CO3)O4)[C@@H](CO)O2)c(=O)[nH]c1=O. The van der Waals surface area contributed by atoms with Gasteiger partial charge in [-0.1, -0.05) is 0 Å². The fourth-order valence-corrected chi connectivity index (χ4v) is 5.99. The van der Waals surface area contributed by atoms with Crippen LogP contribution in [0.15, 0.2) is 31.6 Å². The highest BCUT2D eigenvalue weighted by molar-refractivity contribution is 7.48. The summed E-state index contributed by atoms with van der Waals surface area (Å²) in [6.07, 6.45) is -3.50. The Hall–Kier alpha value is -2.69. The van der Waals surface area contributed by atoms with Crippen molar-refractivity contribution in [1.82, 2.24) is 19.1 Å². The minimum atomic E-state index is -4.40. The maximum atomic E-state index is 13.6. The average Bonchev–Trinajstić information content (AvgIpc) is 3.43. The van der Waals surface area contributed by atoms with Crippen LogP contribution in [0.3, 0.4) is 0 Å². The smallest absolute Gasteiger partial charge is 0.394 e. The maximum Gasteiger partial charge on any atom is 0.475 e. The molecule has 2 saturated heterocycles. The van der Waals surface area contributed by atoms with Crippen LogP contribution in [0.2, 0.25) is 0 Å². The Balaban J connectivity index is 1.39. The number of aliphatic hydroxyl groups is 2. The number of phosphoric acid groups is 1. The third kappa shape index (κ3) is 5.26. The number of hydrogen-bond donors (Lipinski definition) is 4. The van der Waals surface area contributed by atoms with Crippen molar-refractivity contribution in [3.8, 4) is 0 Å². The lowest BCUT2D eigenvalue weighted by Crippen LogP contribution is -2.35. The Kier molecular flexibility index (Phi) is 7.41. The standard InChI is InChI=1S/C21H27N4O12P/c1-10-6-24(20(30)22-18(10)28)17-5-13(14(8-26)35-17)37-38(32)33-3-2-11-7-25(21(31)23-19(11)29)16-4-12(27)15(36-16)9-34-38/h6-7,12-17,26-27H,2-5,8-9H2,1H3,(H,22,28,30)(H,23,29,31)/t12-,13-,14+,15+,16+,17+,38+/m0/s1. The second-order valence-electron chi connectivity index (χ2n) is 9.25. The highest BCUT2D eigenvalue weighted by atomic mass is 31.2. The molecular formula is C21H27N4O12P. The van der Waals surface area contributed by atoms with E-state index in [1.807, 2.05) is 0 Å². The zero-order valence-corrected chi connectivity index (χ0v) is 21.1. The highest BCUT2D eigenvalue weighted by Crippen LogP contribution is 2.53. The Morgan fingerprint density at radius 1 is 1.03 bits per heavy atom. The Morgan fingerprint density at radius 3 is 2.45 bits per heavy atom. The van der Waals surface area contributed by atoms with Crippen molar-refractivity contribution in [2.75, 3.05) is 19.8 Å². The number of rotatable bonds is 4. The van der Waals surface area contributed by atoms with Crippen molar-refractivity contribution in [1.29, 1.82) is 0 Å². The first kappa shape index (κ1) is 26.9. The lowest BCUT2D eigenvalue weighted by atomic mass is 10.2. The number of phosphoric ester groups is 1. The van der Waals surface area contributed by atoms with Gasteiger partial charge in [0.2, 0.25) is 0 Å². The number of nitrogens with zero attached hydrogens (tertiary/aromatic N) is 2. The van der Waals surface area contributed by atoms with Gasteiger partial charge in [-0.05, 0) is 6.92 Å². The second-order valence-corrected chi connectivity index (χ2v) is 10.9.